The molecule has 0 saturated carbocycles. The molecule has 7 heteroatoms. The smallest absolute Gasteiger partial charge is 0.258 e. The first-order valence-corrected chi connectivity index (χ1v) is 11.1. The van der Waals surface area contributed by atoms with E-state index in [9.17, 15) is 4.79 Å². The van der Waals surface area contributed by atoms with Gasteiger partial charge in [0.05, 0.1) is 30.4 Å². The zero-order chi connectivity index (χ0) is 21.8. The van der Waals surface area contributed by atoms with Gasteiger partial charge in [-0.15, -0.1) is 0 Å². The van der Waals surface area contributed by atoms with Crippen molar-refractivity contribution in [1.29, 1.82) is 0 Å². The van der Waals surface area contributed by atoms with Crippen molar-refractivity contribution in [2.24, 2.45) is 0 Å². The van der Waals surface area contributed by atoms with Gasteiger partial charge in [0.25, 0.3) is 5.91 Å². The van der Waals surface area contributed by atoms with Crippen LogP contribution in [-0.4, -0.2) is 25.1 Å². The summed E-state index contributed by atoms with van der Waals surface area (Å²) >= 11 is 4.86. The average Bonchev–Trinajstić information content (AvgIpc) is 3.23. The molecule has 0 unspecified atom stereocenters. The predicted octanol–water partition coefficient (Wildman–Crippen LogP) is 6.51. The topological polar surface area (TPSA) is 60.5 Å². The van der Waals surface area contributed by atoms with Crippen LogP contribution in [0.15, 0.2) is 77.3 Å². The number of aromatic nitrogens is 1. The number of thiazole rings is 1. The molecule has 3 aromatic carbocycles. The summed E-state index contributed by atoms with van der Waals surface area (Å²) in [6.45, 7) is 0. The summed E-state index contributed by atoms with van der Waals surface area (Å²) in [6, 6.07) is 22.8. The Balaban J connectivity index is 1.73. The highest BCUT2D eigenvalue weighted by Crippen LogP contribution is 2.40. The van der Waals surface area contributed by atoms with Gasteiger partial charge in [0.1, 0.15) is 11.5 Å². The molecule has 1 N–H and O–H groups in total. The molecule has 0 fully saturated rings. The Morgan fingerprint density at radius 2 is 1.45 bits per heavy atom. The second-order valence-corrected chi connectivity index (χ2v) is 8.44. The molecule has 156 valence electrons. The molecular formula is C24H19BrN2O3S. The van der Waals surface area contributed by atoms with Crippen LogP contribution in [0.25, 0.3) is 21.7 Å². The van der Waals surface area contributed by atoms with Crippen molar-refractivity contribution in [2.45, 2.75) is 0 Å². The van der Waals surface area contributed by atoms with Crippen LogP contribution in [0.2, 0.25) is 0 Å². The van der Waals surface area contributed by atoms with E-state index in [0.29, 0.717) is 10.7 Å². The minimum Gasteiger partial charge on any atom is -0.497 e. The van der Waals surface area contributed by atoms with Crippen molar-refractivity contribution in [3.63, 3.8) is 0 Å². The molecule has 1 heterocycles. The third kappa shape index (κ3) is 4.62. The van der Waals surface area contributed by atoms with Crippen LogP contribution in [0, 0.1) is 0 Å². The highest BCUT2D eigenvalue weighted by atomic mass is 79.9. The fourth-order valence-corrected chi connectivity index (χ4v) is 4.52. The molecule has 5 nitrogen and oxygen atoms in total. The molecule has 0 aliphatic carbocycles. The Morgan fingerprint density at radius 3 is 2.03 bits per heavy atom. The van der Waals surface area contributed by atoms with Crippen molar-refractivity contribution in [3.05, 3.63) is 82.8 Å². The predicted molar refractivity (Wildman–Crippen MR) is 128 cm³/mol. The standard InChI is InChI=1S/C24H19BrN2O3S/c1-29-17-11-7-15(8-12-17)21-22(16-9-13-18(30-2)14-10-16)31-24(26-21)27-23(28)19-5-3-4-6-20(19)25/h3-14H,1-2H3,(H,26,27,28). The molecule has 0 aliphatic heterocycles. The van der Waals surface area contributed by atoms with Crippen LogP contribution in [0.4, 0.5) is 5.13 Å². The second kappa shape index (κ2) is 9.32. The lowest BCUT2D eigenvalue weighted by Crippen LogP contribution is -2.12. The molecule has 4 rings (SSSR count). The first-order chi connectivity index (χ1) is 15.1. The Labute approximate surface area is 192 Å². The second-order valence-electron chi connectivity index (χ2n) is 6.59. The number of hydrogen-bond acceptors (Lipinski definition) is 5. The highest BCUT2D eigenvalue weighted by Gasteiger charge is 2.18. The van der Waals surface area contributed by atoms with E-state index in [0.717, 1.165) is 37.7 Å². The van der Waals surface area contributed by atoms with Crippen LogP contribution in [0.5, 0.6) is 11.5 Å². The quantitative estimate of drug-likeness (QED) is 0.331. The van der Waals surface area contributed by atoms with Gasteiger partial charge in [-0.25, -0.2) is 4.98 Å². The maximum atomic E-state index is 12.8. The Bertz CT molecular complexity index is 1140. The van der Waals surface area contributed by atoms with E-state index in [4.69, 9.17) is 14.5 Å². The lowest BCUT2D eigenvalue weighted by molar-refractivity contribution is 0.102. The Kier molecular flexibility index (Phi) is 6.34. The molecule has 4 aromatic rings. The van der Waals surface area contributed by atoms with Gasteiger partial charge in [0.15, 0.2) is 5.13 Å². The van der Waals surface area contributed by atoms with Gasteiger partial charge < -0.3 is 9.47 Å². The molecule has 0 aliphatic rings. The van der Waals surface area contributed by atoms with Crippen LogP contribution < -0.4 is 14.8 Å². The number of ether oxygens (including phenoxy) is 2. The molecule has 0 radical (unpaired) electrons. The van der Waals surface area contributed by atoms with Crippen LogP contribution in [0.3, 0.4) is 0 Å². The van der Waals surface area contributed by atoms with Gasteiger partial charge in [-0.1, -0.05) is 23.5 Å². The summed E-state index contributed by atoms with van der Waals surface area (Å²) < 4.78 is 11.3. The van der Waals surface area contributed by atoms with Crippen molar-refractivity contribution in [3.8, 4) is 33.2 Å². The average molecular weight is 495 g/mol. The molecule has 0 saturated heterocycles. The number of rotatable bonds is 6. The zero-order valence-corrected chi connectivity index (χ0v) is 19.3. The van der Waals surface area contributed by atoms with Crippen LogP contribution in [-0.2, 0) is 0 Å². The monoisotopic (exact) mass is 494 g/mol. The van der Waals surface area contributed by atoms with Gasteiger partial charge in [0.2, 0.25) is 0 Å². The number of hydrogen-bond donors (Lipinski definition) is 1. The van der Waals surface area contributed by atoms with E-state index < -0.39 is 0 Å². The third-order valence-electron chi connectivity index (χ3n) is 4.68. The number of methoxy groups -OCH3 is 2. The maximum absolute atomic E-state index is 12.8. The van der Waals surface area contributed by atoms with E-state index in [2.05, 4.69) is 21.2 Å². The van der Waals surface area contributed by atoms with Crippen LogP contribution in [0.1, 0.15) is 10.4 Å². The van der Waals surface area contributed by atoms with Crippen molar-refractivity contribution in [1.82, 2.24) is 4.98 Å². The SMILES string of the molecule is COc1ccc(-c2nc(NC(=O)c3ccccc3Br)sc2-c2ccc(OC)cc2)cc1. The van der Waals surface area contributed by atoms with Gasteiger partial charge in [-0.05, 0) is 82.2 Å². The summed E-state index contributed by atoms with van der Waals surface area (Å²) in [4.78, 5) is 18.5. The zero-order valence-electron chi connectivity index (χ0n) is 16.9. The molecular weight excluding hydrogens is 476 g/mol. The number of amides is 1. The first-order valence-electron chi connectivity index (χ1n) is 9.44. The molecule has 0 bridgehead atoms. The summed E-state index contributed by atoms with van der Waals surface area (Å²) in [7, 11) is 3.27. The van der Waals surface area contributed by atoms with E-state index in [1.807, 2.05) is 66.7 Å². The summed E-state index contributed by atoms with van der Waals surface area (Å²) in [5.74, 6) is 1.33. The molecule has 31 heavy (non-hydrogen) atoms. The van der Waals surface area contributed by atoms with Crippen LogP contribution >= 0.6 is 27.3 Å². The Hall–Kier alpha value is -3.16. The maximum Gasteiger partial charge on any atom is 0.258 e. The summed E-state index contributed by atoms with van der Waals surface area (Å²) in [5, 5.41) is 3.46. The number of benzene rings is 3. The lowest BCUT2D eigenvalue weighted by Gasteiger charge is -2.05. The number of halogens is 1. The highest BCUT2D eigenvalue weighted by molar-refractivity contribution is 9.10. The van der Waals surface area contributed by atoms with E-state index >= 15 is 0 Å². The van der Waals surface area contributed by atoms with Crippen molar-refractivity contribution < 1.29 is 14.3 Å². The number of carbonyl (C=O) groups is 1. The first kappa shape index (κ1) is 21.1. The molecule has 0 spiro atoms. The summed E-state index contributed by atoms with van der Waals surface area (Å²) in [5.41, 5.74) is 3.27. The largest absolute Gasteiger partial charge is 0.497 e. The Morgan fingerprint density at radius 1 is 0.871 bits per heavy atom. The number of anilines is 1. The molecule has 0 atom stereocenters. The van der Waals surface area contributed by atoms with Gasteiger partial charge >= 0.3 is 0 Å². The normalized spacial score (nSPS) is 10.5. The minimum atomic E-state index is -0.219. The fourth-order valence-electron chi connectivity index (χ4n) is 3.07. The minimum absolute atomic E-state index is 0.219. The van der Waals surface area contributed by atoms with Gasteiger partial charge in [0, 0.05) is 10.0 Å². The van der Waals surface area contributed by atoms with Crippen molar-refractivity contribution >= 4 is 38.3 Å². The fraction of sp³-hybridized carbons (Fsp3) is 0.0833. The van der Waals surface area contributed by atoms with E-state index in [-0.39, 0.29) is 5.91 Å². The number of nitrogens with zero attached hydrogens (tertiary/aromatic N) is 1. The number of carbonyl (C=O) groups excluding carboxylic acids is 1. The molecule has 1 aromatic heterocycles. The lowest BCUT2D eigenvalue weighted by atomic mass is 10.1. The van der Waals surface area contributed by atoms with E-state index in [1.54, 1.807) is 20.3 Å². The third-order valence-corrected chi connectivity index (χ3v) is 6.39. The van der Waals surface area contributed by atoms with Crippen molar-refractivity contribution in [2.75, 3.05) is 19.5 Å². The summed E-state index contributed by atoms with van der Waals surface area (Å²) in [6.07, 6.45) is 0. The van der Waals surface area contributed by atoms with E-state index in [1.165, 1.54) is 11.3 Å². The van der Waals surface area contributed by atoms with Gasteiger partial charge in [-0.2, -0.15) is 0 Å². The number of nitrogens with one attached hydrogen (secondary N) is 1. The van der Waals surface area contributed by atoms with Gasteiger partial charge in [-0.3, -0.25) is 10.1 Å². The molecule has 1 amide bonds.